The van der Waals surface area contributed by atoms with Gasteiger partial charge in [-0.25, -0.2) is 4.98 Å². The minimum absolute atomic E-state index is 0.0598. The highest BCUT2D eigenvalue weighted by Gasteiger charge is 2.30. The second-order valence-corrected chi connectivity index (χ2v) is 8.42. The number of hydrogen-bond donors (Lipinski definition) is 0. The van der Waals surface area contributed by atoms with Crippen LogP contribution < -0.4 is 4.74 Å². The van der Waals surface area contributed by atoms with E-state index in [1.807, 2.05) is 72.0 Å². The fourth-order valence-corrected chi connectivity index (χ4v) is 4.34. The van der Waals surface area contributed by atoms with Crippen LogP contribution >= 0.6 is 0 Å². The molecule has 4 aromatic rings. The van der Waals surface area contributed by atoms with E-state index in [1.165, 1.54) is 0 Å². The third kappa shape index (κ3) is 4.37. The Balaban J connectivity index is 1.27. The predicted octanol–water partition coefficient (Wildman–Crippen LogP) is 5.17. The number of hydrogen-bond acceptors (Lipinski definition) is 4. The molecule has 0 N–H and O–H groups in total. The van der Waals surface area contributed by atoms with Crippen molar-refractivity contribution < 1.29 is 14.3 Å². The van der Waals surface area contributed by atoms with Gasteiger partial charge < -0.3 is 14.0 Å². The van der Waals surface area contributed by atoms with Crippen LogP contribution in [0.5, 0.6) is 11.5 Å². The Morgan fingerprint density at radius 1 is 0.939 bits per heavy atom. The zero-order valence-electron chi connectivity index (χ0n) is 18.5. The standard InChI is InChI=1S/C27H25N3O3/c1-19-7-5-11-25-28-24(18-30(19)25)27(32)29-16-6-8-21(17-29)26(31)20-12-14-23(15-13-20)33-22-9-3-2-4-10-22/h2-5,7,9-15,18,21H,6,8,16-17H2,1H3/t21-/m1/s1. The number of aromatic nitrogens is 2. The molecule has 2 aromatic carbocycles. The zero-order valence-corrected chi connectivity index (χ0v) is 18.5. The molecule has 6 nitrogen and oxygen atoms in total. The topological polar surface area (TPSA) is 63.9 Å². The average Bonchev–Trinajstić information content (AvgIpc) is 3.30. The highest BCUT2D eigenvalue weighted by Crippen LogP contribution is 2.25. The molecule has 0 saturated carbocycles. The number of likely N-dealkylation sites (tertiary alicyclic amines) is 1. The van der Waals surface area contributed by atoms with Gasteiger partial charge in [0.25, 0.3) is 5.91 Å². The Morgan fingerprint density at radius 3 is 2.45 bits per heavy atom. The van der Waals surface area contributed by atoms with Crippen molar-refractivity contribution in [2.24, 2.45) is 5.92 Å². The SMILES string of the molecule is Cc1cccc2nc(C(=O)N3CCC[C@@H](C(=O)c4ccc(Oc5ccccc5)cc4)C3)cn12. The normalized spacial score (nSPS) is 16.0. The number of rotatable bonds is 5. The maximum absolute atomic E-state index is 13.2. The molecule has 1 aliphatic rings. The molecule has 0 radical (unpaired) electrons. The van der Waals surface area contributed by atoms with Crippen molar-refractivity contribution >= 4 is 17.3 Å². The lowest BCUT2D eigenvalue weighted by atomic mass is 9.90. The van der Waals surface area contributed by atoms with Gasteiger partial charge in [-0.3, -0.25) is 9.59 Å². The van der Waals surface area contributed by atoms with E-state index in [-0.39, 0.29) is 17.6 Å². The van der Waals surface area contributed by atoms with Crippen LogP contribution in [0.15, 0.2) is 79.0 Å². The van der Waals surface area contributed by atoms with Crippen LogP contribution in [-0.4, -0.2) is 39.1 Å². The third-order valence-electron chi connectivity index (χ3n) is 6.11. The lowest BCUT2D eigenvalue weighted by Gasteiger charge is -2.31. The molecular weight excluding hydrogens is 414 g/mol. The fourth-order valence-electron chi connectivity index (χ4n) is 4.34. The van der Waals surface area contributed by atoms with Crippen LogP contribution in [0.4, 0.5) is 0 Å². The van der Waals surface area contributed by atoms with Crippen molar-refractivity contribution in [1.29, 1.82) is 0 Å². The van der Waals surface area contributed by atoms with Crippen molar-refractivity contribution in [3.8, 4) is 11.5 Å². The van der Waals surface area contributed by atoms with Crippen molar-refractivity contribution in [3.63, 3.8) is 0 Å². The number of Topliss-reactive ketones (excluding diaryl/α,β-unsaturated/α-hetero) is 1. The number of piperidine rings is 1. The molecule has 0 aliphatic carbocycles. The summed E-state index contributed by atoms with van der Waals surface area (Å²) in [5.41, 5.74) is 2.82. The number of fused-ring (bicyclic) bond motifs is 1. The number of carbonyl (C=O) groups is 2. The van der Waals surface area contributed by atoms with Gasteiger partial charge in [-0.15, -0.1) is 0 Å². The molecule has 33 heavy (non-hydrogen) atoms. The number of carbonyl (C=O) groups excluding carboxylic acids is 2. The van der Waals surface area contributed by atoms with Crippen LogP contribution in [0.25, 0.3) is 5.65 Å². The van der Waals surface area contributed by atoms with Crippen molar-refractivity contribution in [2.45, 2.75) is 19.8 Å². The molecule has 1 saturated heterocycles. The lowest BCUT2D eigenvalue weighted by Crippen LogP contribution is -2.42. The molecule has 166 valence electrons. The van der Waals surface area contributed by atoms with Gasteiger partial charge in [0.05, 0.1) is 0 Å². The summed E-state index contributed by atoms with van der Waals surface area (Å²) in [6.07, 6.45) is 3.35. The molecule has 1 amide bonds. The van der Waals surface area contributed by atoms with Crippen LogP contribution in [0.3, 0.4) is 0 Å². The molecule has 0 spiro atoms. The Morgan fingerprint density at radius 2 is 1.70 bits per heavy atom. The van der Waals surface area contributed by atoms with E-state index in [0.29, 0.717) is 30.1 Å². The van der Waals surface area contributed by atoms with Crippen molar-refractivity contribution in [2.75, 3.05) is 13.1 Å². The lowest BCUT2D eigenvalue weighted by molar-refractivity contribution is 0.0632. The summed E-state index contributed by atoms with van der Waals surface area (Å²) in [5, 5.41) is 0. The number of aryl methyl sites for hydroxylation is 1. The Hall–Kier alpha value is -3.93. The highest BCUT2D eigenvalue weighted by atomic mass is 16.5. The predicted molar refractivity (Wildman–Crippen MR) is 126 cm³/mol. The first kappa shape index (κ1) is 20.9. The van der Waals surface area contributed by atoms with Crippen molar-refractivity contribution in [1.82, 2.24) is 14.3 Å². The Kier molecular flexibility index (Phi) is 5.65. The Labute approximate surface area is 192 Å². The zero-order chi connectivity index (χ0) is 22.8. The second-order valence-electron chi connectivity index (χ2n) is 8.42. The van der Waals surface area contributed by atoms with Crippen molar-refractivity contribution in [3.05, 3.63) is 95.9 Å². The van der Waals surface area contributed by atoms with Crippen LogP contribution in [0.2, 0.25) is 0 Å². The highest BCUT2D eigenvalue weighted by molar-refractivity contribution is 5.99. The average molecular weight is 440 g/mol. The number of pyridine rings is 1. The molecule has 6 heteroatoms. The van der Waals surface area contributed by atoms with E-state index in [4.69, 9.17) is 4.74 Å². The van der Waals surface area contributed by atoms with Gasteiger partial charge in [-0.2, -0.15) is 0 Å². The van der Waals surface area contributed by atoms with Gasteiger partial charge >= 0.3 is 0 Å². The first-order valence-electron chi connectivity index (χ1n) is 11.2. The summed E-state index contributed by atoms with van der Waals surface area (Å²) >= 11 is 0. The number of ether oxygens (including phenoxy) is 1. The maximum Gasteiger partial charge on any atom is 0.274 e. The van der Waals surface area contributed by atoms with E-state index in [0.717, 1.165) is 29.9 Å². The minimum Gasteiger partial charge on any atom is -0.457 e. The smallest absolute Gasteiger partial charge is 0.274 e. The van der Waals surface area contributed by atoms with E-state index < -0.39 is 0 Å². The molecule has 2 aromatic heterocycles. The van der Waals surface area contributed by atoms with Gasteiger partial charge in [0, 0.05) is 36.5 Å². The third-order valence-corrected chi connectivity index (χ3v) is 6.11. The molecule has 1 atom stereocenters. The summed E-state index contributed by atoms with van der Waals surface area (Å²) in [4.78, 5) is 32.5. The van der Waals surface area contributed by atoms with E-state index in [9.17, 15) is 9.59 Å². The summed E-state index contributed by atoms with van der Waals surface area (Å²) in [7, 11) is 0. The number of imidazole rings is 1. The largest absolute Gasteiger partial charge is 0.457 e. The Bertz CT molecular complexity index is 1300. The molecule has 1 aliphatic heterocycles. The number of para-hydroxylation sites is 1. The summed E-state index contributed by atoms with van der Waals surface area (Å²) in [6, 6.07) is 22.5. The molecular formula is C27H25N3O3. The number of ketones is 1. The second kappa shape index (κ2) is 8.90. The van der Waals surface area contributed by atoms with Gasteiger partial charge in [-0.1, -0.05) is 24.3 Å². The monoisotopic (exact) mass is 439 g/mol. The summed E-state index contributed by atoms with van der Waals surface area (Å²) in [5.74, 6) is 1.15. The number of nitrogens with zero attached hydrogens (tertiary/aromatic N) is 3. The number of amides is 1. The first-order chi connectivity index (χ1) is 16.1. The molecule has 0 bridgehead atoms. The van der Waals surface area contributed by atoms with Crippen LogP contribution in [0.1, 0.15) is 39.4 Å². The van der Waals surface area contributed by atoms with Gasteiger partial charge in [-0.05, 0) is 68.3 Å². The minimum atomic E-state index is -0.220. The molecule has 0 unspecified atom stereocenters. The fraction of sp³-hybridized carbons (Fsp3) is 0.222. The van der Waals surface area contributed by atoms with Gasteiger partial charge in [0.15, 0.2) is 5.78 Å². The van der Waals surface area contributed by atoms with E-state index in [1.54, 1.807) is 23.2 Å². The van der Waals surface area contributed by atoms with Crippen LogP contribution in [0, 0.1) is 12.8 Å². The van der Waals surface area contributed by atoms with E-state index in [2.05, 4.69) is 4.98 Å². The van der Waals surface area contributed by atoms with Gasteiger partial charge in [0.2, 0.25) is 0 Å². The number of benzene rings is 2. The molecule has 5 rings (SSSR count). The van der Waals surface area contributed by atoms with Gasteiger partial charge in [0.1, 0.15) is 22.8 Å². The van der Waals surface area contributed by atoms with Crippen LogP contribution in [-0.2, 0) is 0 Å². The molecule has 3 heterocycles. The maximum atomic E-state index is 13.2. The summed E-state index contributed by atoms with van der Waals surface area (Å²) < 4.78 is 7.73. The summed E-state index contributed by atoms with van der Waals surface area (Å²) in [6.45, 7) is 3.03. The van der Waals surface area contributed by atoms with E-state index >= 15 is 0 Å². The first-order valence-corrected chi connectivity index (χ1v) is 11.2. The quantitative estimate of drug-likeness (QED) is 0.403. The molecule has 1 fully saturated rings.